The van der Waals surface area contributed by atoms with E-state index in [1.807, 2.05) is 50.4 Å². The summed E-state index contributed by atoms with van der Waals surface area (Å²) < 4.78 is 11.6. The van der Waals surface area contributed by atoms with Crippen LogP contribution in [0.25, 0.3) is 10.9 Å². The Hall–Kier alpha value is -2.33. The minimum absolute atomic E-state index is 0.493. The maximum absolute atomic E-state index is 5.96. The lowest BCUT2D eigenvalue weighted by atomic mass is 10.2. The summed E-state index contributed by atoms with van der Waals surface area (Å²) in [4.78, 5) is 4.34. The molecule has 0 saturated heterocycles. The van der Waals surface area contributed by atoms with Crippen molar-refractivity contribution in [2.24, 2.45) is 0 Å². The lowest BCUT2D eigenvalue weighted by Gasteiger charge is -2.08. The average Bonchev–Trinajstić information content (AvgIpc) is 2.85. The molecule has 3 rings (SSSR count). The summed E-state index contributed by atoms with van der Waals surface area (Å²) >= 11 is 0. The van der Waals surface area contributed by atoms with E-state index >= 15 is 0 Å². The van der Waals surface area contributed by atoms with Crippen LogP contribution in [0, 0.1) is 6.92 Å². The van der Waals surface area contributed by atoms with E-state index in [9.17, 15) is 0 Å². The van der Waals surface area contributed by atoms with Gasteiger partial charge in [-0.05, 0) is 44.3 Å². The summed E-state index contributed by atoms with van der Waals surface area (Å²) in [6, 6.07) is 11.9. The smallest absolute Gasteiger partial charge is 0.129 e. The molecule has 21 heavy (non-hydrogen) atoms. The highest BCUT2D eigenvalue weighted by molar-refractivity contribution is 5.84. The molecule has 3 aromatic rings. The van der Waals surface area contributed by atoms with Crippen molar-refractivity contribution in [1.82, 2.24) is 10.3 Å². The zero-order valence-corrected chi connectivity index (χ0v) is 12.2. The average molecular weight is 282 g/mol. The SMILES string of the molecule is CNCc1cc(COc2cccc3ncccc23)c(C)o1. The quantitative estimate of drug-likeness (QED) is 0.778. The van der Waals surface area contributed by atoms with Gasteiger partial charge in [0.15, 0.2) is 0 Å². The molecule has 0 fully saturated rings. The normalized spacial score (nSPS) is 11.0. The summed E-state index contributed by atoms with van der Waals surface area (Å²) in [5, 5.41) is 4.10. The summed E-state index contributed by atoms with van der Waals surface area (Å²) in [5.74, 6) is 2.67. The third kappa shape index (κ3) is 2.90. The van der Waals surface area contributed by atoms with Crippen LogP contribution in [0.3, 0.4) is 0 Å². The molecule has 0 unspecified atom stereocenters. The molecular weight excluding hydrogens is 264 g/mol. The van der Waals surface area contributed by atoms with Crippen LogP contribution < -0.4 is 10.1 Å². The van der Waals surface area contributed by atoms with Crippen LogP contribution in [0.5, 0.6) is 5.75 Å². The summed E-state index contributed by atoms with van der Waals surface area (Å²) in [5.41, 5.74) is 2.01. The summed E-state index contributed by atoms with van der Waals surface area (Å²) in [7, 11) is 1.90. The molecule has 0 spiro atoms. The van der Waals surface area contributed by atoms with E-state index in [2.05, 4.69) is 10.3 Å². The van der Waals surface area contributed by atoms with E-state index in [1.165, 1.54) is 0 Å². The Morgan fingerprint density at radius 1 is 1.24 bits per heavy atom. The number of hydrogen-bond acceptors (Lipinski definition) is 4. The van der Waals surface area contributed by atoms with Crippen LogP contribution >= 0.6 is 0 Å². The van der Waals surface area contributed by atoms with E-state index in [0.717, 1.165) is 40.3 Å². The zero-order valence-electron chi connectivity index (χ0n) is 12.2. The van der Waals surface area contributed by atoms with Gasteiger partial charge in [-0.15, -0.1) is 0 Å². The number of pyridine rings is 1. The first-order chi connectivity index (χ1) is 10.3. The molecule has 0 atom stereocenters. The van der Waals surface area contributed by atoms with Gasteiger partial charge in [-0.25, -0.2) is 0 Å². The summed E-state index contributed by atoms with van der Waals surface area (Å²) in [6.45, 7) is 3.18. The van der Waals surface area contributed by atoms with Gasteiger partial charge in [0.05, 0.1) is 12.1 Å². The van der Waals surface area contributed by atoms with Crippen LogP contribution in [0.15, 0.2) is 47.0 Å². The third-order valence-corrected chi connectivity index (χ3v) is 3.41. The number of benzene rings is 1. The van der Waals surface area contributed by atoms with E-state index in [1.54, 1.807) is 6.20 Å². The first kappa shape index (κ1) is 13.6. The molecule has 0 bridgehead atoms. The van der Waals surface area contributed by atoms with Gasteiger partial charge in [-0.1, -0.05) is 6.07 Å². The Bertz CT molecular complexity index is 744. The van der Waals surface area contributed by atoms with Crippen molar-refractivity contribution in [1.29, 1.82) is 0 Å². The number of hydrogen-bond donors (Lipinski definition) is 1. The van der Waals surface area contributed by atoms with E-state index in [-0.39, 0.29) is 0 Å². The van der Waals surface area contributed by atoms with Crippen molar-refractivity contribution in [3.63, 3.8) is 0 Å². The van der Waals surface area contributed by atoms with Crippen LogP contribution in [-0.2, 0) is 13.2 Å². The highest BCUT2D eigenvalue weighted by atomic mass is 16.5. The molecule has 2 heterocycles. The van der Waals surface area contributed by atoms with Crippen LogP contribution in [0.2, 0.25) is 0 Å². The van der Waals surface area contributed by atoms with Gasteiger partial charge in [0, 0.05) is 17.1 Å². The molecule has 0 aliphatic carbocycles. The second-order valence-corrected chi connectivity index (χ2v) is 4.94. The second kappa shape index (κ2) is 5.97. The fourth-order valence-corrected chi connectivity index (χ4v) is 2.35. The van der Waals surface area contributed by atoms with Crippen LogP contribution in [0.1, 0.15) is 17.1 Å². The lowest BCUT2D eigenvalue weighted by Crippen LogP contribution is -2.03. The van der Waals surface area contributed by atoms with E-state index in [0.29, 0.717) is 6.61 Å². The molecule has 0 saturated carbocycles. The van der Waals surface area contributed by atoms with E-state index < -0.39 is 0 Å². The van der Waals surface area contributed by atoms with Crippen molar-refractivity contribution in [3.8, 4) is 5.75 Å². The maximum Gasteiger partial charge on any atom is 0.129 e. The molecule has 0 aliphatic heterocycles. The van der Waals surface area contributed by atoms with Gasteiger partial charge < -0.3 is 14.5 Å². The molecule has 0 aliphatic rings. The monoisotopic (exact) mass is 282 g/mol. The molecule has 0 amide bonds. The minimum Gasteiger partial charge on any atom is -0.488 e. The predicted octanol–water partition coefficient (Wildman–Crippen LogP) is 3.43. The molecule has 1 N–H and O–H groups in total. The Kier molecular flexibility index (Phi) is 3.88. The molecule has 108 valence electrons. The number of nitrogens with one attached hydrogen (secondary N) is 1. The Labute approximate surface area is 123 Å². The van der Waals surface area contributed by atoms with Crippen molar-refractivity contribution in [2.45, 2.75) is 20.1 Å². The minimum atomic E-state index is 0.493. The largest absolute Gasteiger partial charge is 0.488 e. The number of fused-ring (bicyclic) bond motifs is 1. The number of rotatable bonds is 5. The molecule has 4 nitrogen and oxygen atoms in total. The fraction of sp³-hybridized carbons (Fsp3) is 0.235. The molecule has 1 aromatic carbocycles. The maximum atomic E-state index is 5.96. The third-order valence-electron chi connectivity index (χ3n) is 3.41. The number of nitrogens with zero attached hydrogens (tertiary/aromatic N) is 1. The Morgan fingerprint density at radius 3 is 3.00 bits per heavy atom. The number of ether oxygens (including phenoxy) is 1. The van der Waals surface area contributed by atoms with Gasteiger partial charge in [-0.2, -0.15) is 0 Å². The Morgan fingerprint density at radius 2 is 2.14 bits per heavy atom. The summed E-state index contributed by atoms with van der Waals surface area (Å²) in [6.07, 6.45) is 1.79. The number of furan rings is 1. The molecular formula is C17H18N2O2. The first-order valence-corrected chi connectivity index (χ1v) is 6.97. The van der Waals surface area contributed by atoms with Crippen molar-refractivity contribution >= 4 is 10.9 Å². The second-order valence-electron chi connectivity index (χ2n) is 4.94. The van der Waals surface area contributed by atoms with Gasteiger partial charge in [-0.3, -0.25) is 4.98 Å². The van der Waals surface area contributed by atoms with Gasteiger partial charge in [0.25, 0.3) is 0 Å². The van der Waals surface area contributed by atoms with Gasteiger partial charge in [0.2, 0.25) is 0 Å². The van der Waals surface area contributed by atoms with Crippen molar-refractivity contribution in [3.05, 3.63) is 59.7 Å². The fourth-order valence-electron chi connectivity index (χ4n) is 2.35. The highest BCUT2D eigenvalue weighted by Crippen LogP contribution is 2.25. The highest BCUT2D eigenvalue weighted by Gasteiger charge is 2.09. The van der Waals surface area contributed by atoms with Gasteiger partial charge >= 0.3 is 0 Å². The van der Waals surface area contributed by atoms with Crippen molar-refractivity contribution in [2.75, 3.05) is 7.05 Å². The topological polar surface area (TPSA) is 47.3 Å². The number of aryl methyl sites for hydroxylation is 1. The predicted molar refractivity (Wildman–Crippen MR) is 82.3 cm³/mol. The van der Waals surface area contributed by atoms with Crippen molar-refractivity contribution < 1.29 is 9.15 Å². The van der Waals surface area contributed by atoms with Crippen LogP contribution in [0.4, 0.5) is 0 Å². The molecule has 4 heteroatoms. The zero-order chi connectivity index (χ0) is 14.7. The number of aromatic nitrogens is 1. The van der Waals surface area contributed by atoms with E-state index in [4.69, 9.17) is 9.15 Å². The lowest BCUT2D eigenvalue weighted by molar-refractivity contribution is 0.306. The van der Waals surface area contributed by atoms with Crippen LogP contribution in [-0.4, -0.2) is 12.0 Å². The first-order valence-electron chi connectivity index (χ1n) is 6.97. The standard InChI is InChI=1S/C17H18N2O2/c1-12-13(9-14(21-12)10-18-2)11-20-17-7-3-6-16-15(17)5-4-8-19-16/h3-9,18H,10-11H2,1-2H3. The van der Waals surface area contributed by atoms with Gasteiger partial charge in [0.1, 0.15) is 23.9 Å². The molecule has 0 radical (unpaired) electrons. The molecule has 2 aromatic heterocycles. The Balaban J connectivity index is 1.80.